The first-order valence-corrected chi connectivity index (χ1v) is 8.66. The number of nitrogens with zero attached hydrogens (tertiary/aromatic N) is 3. The van der Waals surface area contributed by atoms with E-state index >= 15 is 0 Å². The van der Waals surface area contributed by atoms with E-state index in [-0.39, 0.29) is 11.0 Å². The van der Waals surface area contributed by atoms with Gasteiger partial charge < -0.3 is 0 Å². The van der Waals surface area contributed by atoms with Crippen molar-refractivity contribution in [3.63, 3.8) is 0 Å². The van der Waals surface area contributed by atoms with E-state index in [1.54, 1.807) is 0 Å². The van der Waals surface area contributed by atoms with Crippen molar-refractivity contribution >= 4 is 23.2 Å². The van der Waals surface area contributed by atoms with Gasteiger partial charge in [0.25, 0.3) is 0 Å². The number of benzene rings is 1. The van der Waals surface area contributed by atoms with E-state index < -0.39 is 0 Å². The van der Waals surface area contributed by atoms with Crippen LogP contribution in [-0.2, 0) is 6.42 Å². The maximum absolute atomic E-state index is 12.6. The average molecular weight is 325 g/mol. The van der Waals surface area contributed by atoms with E-state index in [0.29, 0.717) is 0 Å². The molecule has 0 unspecified atom stereocenters. The molecular weight excluding hydrogens is 306 g/mol. The maximum atomic E-state index is 12.6. The normalized spacial score (nSPS) is 12.4. The Hall–Kier alpha value is -2.14. The summed E-state index contributed by atoms with van der Waals surface area (Å²) in [5.74, 6) is 0.116. The Bertz CT molecular complexity index is 811. The van der Waals surface area contributed by atoms with Gasteiger partial charge in [0.05, 0.1) is 5.25 Å². The van der Waals surface area contributed by atoms with Crippen LogP contribution < -0.4 is 0 Å². The van der Waals surface area contributed by atoms with Gasteiger partial charge in [0.1, 0.15) is 0 Å². The first-order chi connectivity index (χ1) is 11.2. The molecule has 0 bridgehead atoms. The number of pyridine rings is 1. The van der Waals surface area contributed by atoms with Crippen LogP contribution in [0.2, 0.25) is 0 Å². The summed E-state index contributed by atoms with van der Waals surface area (Å²) in [6.45, 7) is 4.07. The van der Waals surface area contributed by atoms with Gasteiger partial charge in [-0.15, -0.1) is 10.2 Å². The number of Topliss-reactive ketones (excluding diaryl/α,β-unsaturated/α-hetero) is 1. The van der Waals surface area contributed by atoms with Gasteiger partial charge in [-0.1, -0.05) is 55.4 Å². The molecule has 4 nitrogen and oxygen atoms in total. The zero-order valence-electron chi connectivity index (χ0n) is 13.3. The van der Waals surface area contributed by atoms with Gasteiger partial charge in [-0.3, -0.25) is 9.20 Å². The lowest BCUT2D eigenvalue weighted by atomic mass is 10.0. The van der Waals surface area contributed by atoms with Crippen LogP contribution >= 0.6 is 11.8 Å². The minimum Gasteiger partial charge on any atom is -0.293 e. The van der Waals surface area contributed by atoms with Crippen LogP contribution in [0, 0.1) is 0 Å². The van der Waals surface area contributed by atoms with Gasteiger partial charge in [-0.25, -0.2) is 0 Å². The third-order valence-corrected chi connectivity index (χ3v) is 4.77. The second-order valence-electron chi connectivity index (χ2n) is 5.48. The molecule has 1 aromatic carbocycles. The standard InChI is InChI=1S/C18H19N3OS/c1-3-6-14-8-10-15(11-9-14)17(22)13(2)23-18-20-19-16-7-4-5-12-21(16)18/h4-5,7-13H,3,6H2,1-2H3/t13-/m0/s1. The average Bonchev–Trinajstić information content (AvgIpc) is 2.98. The van der Waals surface area contributed by atoms with E-state index in [9.17, 15) is 4.79 Å². The Kier molecular flexibility index (Phi) is 4.76. The molecule has 3 aromatic rings. The first-order valence-electron chi connectivity index (χ1n) is 7.78. The Morgan fingerprint density at radius 1 is 1.17 bits per heavy atom. The van der Waals surface area contributed by atoms with Gasteiger partial charge >= 0.3 is 0 Å². The van der Waals surface area contributed by atoms with Gasteiger partial charge in [0, 0.05) is 11.8 Å². The van der Waals surface area contributed by atoms with Crippen LogP contribution in [0.5, 0.6) is 0 Å². The van der Waals surface area contributed by atoms with Crippen molar-refractivity contribution in [2.24, 2.45) is 0 Å². The highest BCUT2D eigenvalue weighted by molar-refractivity contribution is 8.00. The fourth-order valence-electron chi connectivity index (χ4n) is 2.47. The molecule has 0 aliphatic carbocycles. The number of carbonyl (C=O) groups excluding carboxylic acids is 1. The van der Waals surface area contributed by atoms with Crippen LogP contribution in [0.3, 0.4) is 0 Å². The summed E-state index contributed by atoms with van der Waals surface area (Å²) in [6, 6.07) is 13.7. The molecule has 0 saturated carbocycles. The summed E-state index contributed by atoms with van der Waals surface area (Å²) < 4.78 is 1.90. The number of aryl methyl sites for hydroxylation is 1. The maximum Gasteiger partial charge on any atom is 0.196 e. The number of aromatic nitrogens is 3. The highest BCUT2D eigenvalue weighted by Gasteiger charge is 2.19. The molecule has 2 aromatic heterocycles. The molecule has 0 spiro atoms. The quantitative estimate of drug-likeness (QED) is 0.507. The summed E-state index contributed by atoms with van der Waals surface area (Å²) in [5, 5.41) is 8.82. The molecule has 1 atom stereocenters. The van der Waals surface area contributed by atoms with Gasteiger partial charge in [0.15, 0.2) is 16.6 Å². The SMILES string of the molecule is CCCc1ccc(C(=O)[C@H](C)Sc2nnc3ccccn23)cc1. The molecule has 0 fully saturated rings. The van der Waals surface area contributed by atoms with Crippen LogP contribution in [0.15, 0.2) is 53.8 Å². The van der Waals surface area contributed by atoms with Gasteiger partial charge in [0.2, 0.25) is 0 Å². The number of carbonyl (C=O) groups is 1. The molecule has 0 N–H and O–H groups in total. The minimum atomic E-state index is -0.209. The number of ketones is 1. The predicted molar refractivity (Wildman–Crippen MR) is 93.1 cm³/mol. The molecule has 2 heterocycles. The molecule has 0 amide bonds. The molecule has 0 radical (unpaired) electrons. The van der Waals surface area contributed by atoms with Crippen molar-refractivity contribution in [1.29, 1.82) is 0 Å². The van der Waals surface area contributed by atoms with Crippen molar-refractivity contribution in [2.45, 2.75) is 37.1 Å². The lowest BCUT2D eigenvalue weighted by Crippen LogP contribution is -2.14. The van der Waals surface area contributed by atoms with Crippen molar-refractivity contribution < 1.29 is 4.79 Å². The topological polar surface area (TPSA) is 47.3 Å². The molecule has 3 rings (SSSR count). The van der Waals surface area contributed by atoms with E-state index in [1.165, 1.54) is 17.3 Å². The van der Waals surface area contributed by atoms with Crippen molar-refractivity contribution in [3.05, 3.63) is 59.8 Å². The molecule has 118 valence electrons. The summed E-state index contributed by atoms with van der Waals surface area (Å²) in [5.41, 5.74) is 2.81. The third-order valence-electron chi connectivity index (χ3n) is 3.71. The lowest BCUT2D eigenvalue weighted by Gasteiger charge is -2.09. The van der Waals surface area contributed by atoms with Crippen molar-refractivity contribution in [3.8, 4) is 0 Å². The number of hydrogen-bond acceptors (Lipinski definition) is 4. The van der Waals surface area contributed by atoms with Gasteiger partial charge in [-0.2, -0.15) is 0 Å². The number of hydrogen-bond donors (Lipinski definition) is 0. The predicted octanol–water partition coefficient (Wildman–Crippen LogP) is 4.05. The van der Waals surface area contributed by atoms with Crippen LogP contribution in [-0.4, -0.2) is 25.6 Å². The fourth-order valence-corrected chi connectivity index (χ4v) is 3.39. The Morgan fingerprint density at radius 3 is 2.70 bits per heavy atom. The molecule has 5 heteroatoms. The molecular formula is C18H19N3OS. The smallest absolute Gasteiger partial charge is 0.196 e. The second-order valence-corrected chi connectivity index (χ2v) is 6.79. The zero-order chi connectivity index (χ0) is 16.2. The zero-order valence-corrected chi connectivity index (χ0v) is 14.1. The van der Waals surface area contributed by atoms with E-state index in [0.717, 1.165) is 29.2 Å². The highest BCUT2D eigenvalue weighted by atomic mass is 32.2. The molecule has 0 aliphatic heterocycles. The Balaban J connectivity index is 1.74. The van der Waals surface area contributed by atoms with Crippen LogP contribution in [0.1, 0.15) is 36.2 Å². The monoisotopic (exact) mass is 325 g/mol. The van der Waals surface area contributed by atoms with E-state index in [4.69, 9.17) is 0 Å². The largest absolute Gasteiger partial charge is 0.293 e. The van der Waals surface area contributed by atoms with Crippen LogP contribution in [0.25, 0.3) is 5.65 Å². The van der Waals surface area contributed by atoms with Crippen molar-refractivity contribution in [2.75, 3.05) is 0 Å². The van der Waals surface area contributed by atoms with Crippen molar-refractivity contribution in [1.82, 2.24) is 14.6 Å². The number of fused-ring (bicyclic) bond motifs is 1. The molecule has 0 aliphatic rings. The molecule has 0 saturated heterocycles. The number of rotatable bonds is 6. The minimum absolute atomic E-state index is 0.116. The summed E-state index contributed by atoms with van der Waals surface area (Å²) >= 11 is 1.44. The van der Waals surface area contributed by atoms with Crippen LogP contribution in [0.4, 0.5) is 0 Å². The van der Waals surface area contributed by atoms with E-state index in [2.05, 4.69) is 17.1 Å². The summed E-state index contributed by atoms with van der Waals surface area (Å²) in [7, 11) is 0. The first kappa shape index (κ1) is 15.7. The molecule has 23 heavy (non-hydrogen) atoms. The third kappa shape index (κ3) is 3.45. The summed E-state index contributed by atoms with van der Waals surface area (Å²) in [6.07, 6.45) is 4.07. The number of thioether (sulfide) groups is 1. The van der Waals surface area contributed by atoms with Gasteiger partial charge in [-0.05, 0) is 31.0 Å². The lowest BCUT2D eigenvalue weighted by molar-refractivity contribution is 0.0994. The second kappa shape index (κ2) is 6.96. The summed E-state index contributed by atoms with van der Waals surface area (Å²) in [4.78, 5) is 12.6. The Labute approximate surface area is 139 Å². The fraction of sp³-hybridized carbons (Fsp3) is 0.278. The Morgan fingerprint density at radius 2 is 1.96 bits per heavy atom. The highest BCUT2D eigenvalue weighted by Crippen LogP contribution is 2.24. The van der Waals surface area contributed by atoms with E-state index in [1.807, 2.05) is 60.0 Å².